The van der Waals surface area contributed by atoms with Gasteiger partial charge in [-0.25, -0.2) is 4.90 Å². The number of carbonyl (C=O) groups excluding carboxylic acids is 3. The van der Waals surface area contributed by atoms with Gasteiger partial charge in [-0.3, -0.25) is 14.4 Å². The fourth-order valence-electron chi connectivity index (χ4n) is 4.51. The molecule has 1 N–H and O–H groups in total. The van der Waals surface area contributed by atoms with Gasteiger partial charge in [0.15, 0.2) is 0 Å². The van der Waals surface area contributed by atoms with Crippen LogP contribution >= 0.6 is 0 Å². The third-order valence-corrected chi connectivity index (χ3v) is 6.34. The summed E-state index contributed by atoms with van der Waals surface area (Å²) in [6.45, 7) is 6.13. The Bertz CT molecular complexity index is 997. The van der Waals surface area contributed by atoms with Gasteiger partial charge in [0, 0.05) is 5.69 Å². The maximum absolute atomic E-state index is 13.1. The summed E-state index contributed by atoms with van der Waals surface area (Å²) in [4.78, 5) is 40.4. The molecule has 150 valence electrons. The zero-order valence-electron chi connectivity index (χ0n) is 17.1. The van der Waals surface area contributed by atoms with Gasteiger partial charge in [-0.05, 0) is 74.4 Å². The molecule has 1 aliphatic carbocycles. The fourth-order valence-corrected chi connectivity index (χ4v) is 4.51. The van der Waals surface area contributed by atoms with Crippen molar-refractivity contribution in [2.45, 2.75) is 40.0 Å². The first-order valence-corrected chi connectivity index (χ1v) is 10.2. The highest BCUT2D eigenvalue weighted by Crippen LogP contribution is 2.42. The number of hydrogen-bond donors (Lipinski definition) is 1. The maximum atomic E-state index is 13.1. The zero-order chi connectivity index (χ0) is 20.7. The van der Waals surface area contributed by atoms with Crippen molar-refractivity contribution in [1.29, 1.82) is 0 Å². The molecule has 0 unspecified atom stereocenters. The summed E-state index contributed by atoms with van der Waals surface area (Å²) in [7, 11) is 0. The minimum absolute atomic E-state index is 0.168. The molecular formula is C24H26N2O3. The van der Waals surface area contributed by atoms with Crippen molar-refractivity contribution in [3.63, 3.8) is 0 Å². The first kappa shape index (κ1) is 19.4. The highest BCUT2D eigenvalue weighted by molar-refractivity contribution is 6.24. The zero-order valence-corrected chi connectivity index (χ0v) is 17.1. The van der Waals surface area contributed by atoms with Gasteiger partial charge >= 0.3 is 0 Å². The summed E-state index contributed by atoms with van der Waals surface area (Å²) < 4.78 is 0. The molecule has 1 saturated heterocycles. The first-order valence-electron chi connectivity index (χ1n) is 10.2. The molecule has 29 heavy (non-hydrogen) atoms. The lowest BCUT2D eigenvalue weighted by atomic mass is 9.76. The maximum Gasteiger partial charge on any atom is 0.257 e. The minimum atomic E-state index is -0.326. The van der Waals surface area contributed by atoms with E-state index >= 15 is 0 Å². The number of carbonyl (C=O) groups is 3. The summed E-state index contributed by atoms with van der Waals surface area (Å²) in [5, 5.41) is 2.90. The molecule has 3 amide bonds. The largest absolute Gasteiger partial charge is 0.322 e. The quantitative estimate of drug-likeness (QED) is 0.786. The van der Waals surface area contributed by atoms with Gasteiger partial charge in [0.1, 0.15) is 0 Å². The second-order valence-corrected chi connectivity index (χ2v) is 8.41. The Morgan fingerprint density at radius 1 is 0.966 bits per heavy atom. The molecule has 2 fully saturated rings. The number of aryl methyl sites for hydroxylation is 2. The van der Waals surface area contributed by atoms with E-state index in [0.717, 1.165) is 30.4 Å². The van der Waals surface area contributed by atoms with Crippen LogP contribution in [0, 0.1) is 31.6 Å². The van der Waals surface area contributed by atoms with Crippen LogP contribution in [0.4, 0.5) is 11.4 Å². The molecule has 1 saturated carbocycles. The Kier molecular flexibility index (Phi) is 4.99. The standard InChI is InChI=1S/C24H26N2O3/c1-14-8-11-18-20(12-14)24(29)26(23(18)28)21-7-5-4-6-19(21)22(27)25-17-10-9-15(2)16(3)13-17/h4-7,9-10,13-14,18,20H,8,11-12H2,1-3H3,(H,25,27)/t14-,18-,20-/m1/s1. The molecule has 0 bridgehead atoms. The fraction of sp³-hybridized carbons (Fsp3) is 0.375. The van der Waals surface area contributed by atoms with Crippen LogP contribution in [0.5, 0.6) is 0 Å². The van der Waals surface area contributed by atoms with E-state index in [0.29, 0.717) is 22.9 Å². The third-order valence-electron chi connectivity index (χ3n) is 6.34. The van der Waals surface area contributed by atoms with Crippen molar-refractivity contribution in [2.24, 2.45) is 17.8 Å². The van der Waals surface area contributed by atoms with E-state index in [1.807, 2.05) is 32.0 Å². The van der Waals surface area contributed by atoms with Crippen LogP contribution in [-0.2, 0) is 9.59 Å². The van der Waals surface area contributed by atoms with Gasteiger partial charge in [-0.1, -0.05) is 25.1 Å². The molecule has 2 aromatic carbocycles. The van der Waals surface area contributed by atoms with E-state index in [2.05, 4.69) is 12.2 Å². The van der Waals surface area contributed by atoms with Crippen molar-refractivity contribution in [1.82, 2.24) is 0 Å². The molecule has 2 aromatic rings. The van der Waals surface area contributed by atoms with Crippen molar-refractivity contribution >= 4 is 29.1 Å². The number of anilines is 2. The average molecular weight is 390 g/mol. The highest BCUT2D eigenvalue weighted by atomic mass is 16.2. The predicted molar refractivity (Wildman–Crippen MR) is 113 cm³/mol. The van der Waals surface area contributed by atoms with Gasteiger partial charge < -0.3 is 5.32 Å². The number of para-hydroxylation sites is 1. The van der Waals surface area contributed by atoms with Crippen LogP contribution in [-0.4, -0.2) is 17.7 Å². The number of nitrogens with one attached hydrogen (secondary N) is 1. The first-order chi connectivity index (χ1) is 13.9. The summed E-state index contributed by atoms with van der Waals surface area (Å²) in [5.41, 5.74) is 3.63. The van der Waals surface area contributed by atoms with E-state index in [1.54, 1.807) is 24.3 Å². The van der Waals surface area contributed by atoms with Crippen molar-refractivity contribution < 1.29 is 14.4 Å². The van der Waals surface area contributed by atoms with Crippen molar-refractivity contribution in [3.05, 3.63) is 59.2 Å². The Morgan fingerprint density at radius 2 is 1.69 bits per heavy atom. The molecule has 4 rings (SSSR count). The second kappa shape index (κ2) is 7.47. The Balaban J connectivity index is 1.64. The molecule has 3 atom stereocenters. The van der Waals surface area contributed by atoms with Crippen molar-refractivity contribution in [3.8, 4) is 0 Å². The van der Waals surface area contributed by atoms with Crippen LogP contribution in [0.25, 0.3) is 0 Å². The number of rotatable bonds is 3. The van der Waals surface area contributed by atoms with Crippen LogP contribution in [0.15, 0.2) is 42.5 Å². The molecular weight excluding hydrogens is 364 g/mol. The smallest absolute Gasteiger partial charge is 0.257 e. The number of benzene rings is 2. The third kappa shape index (κ3) is 3.46. The van der Waals surface area contributed by atoms with Crippen LogP contribution in [0.3, 0.4) is 0 Å². The van der Waals surface area contributed by atoms with E-state index in [-0.39, 0.29) is 29.6 Å². The van der Waals surface area contributed by atoms with Gasteiger partial charge in [-0.2, -0.15) is 0 Å². The predicted octanol–water partition coefficient (Wildman–Crippen LogP) is 4.48. The van der Waals surface area contributed by atoms with Gasteiger partial charge in [0.25, 0.3) is 5.91 Å². The highest BCUT2D eigenvalue weighted by Gasteiger charge is 2.50. The van der Waals surface area contributed by atoms with Gasteiger partial charge in [-0.15, -0.1) is 0 Å². The summed E-state index contributed by atoms with van der Waals surface area (Å²) in [5.74, 6) is -0.739. The van der Waals surface area contributed by atoms with Crippen LogP contribution in [0.1, 0.15) is 47.7 Å². The minimum Gasteiger partial charge on any atom is -0.322 e. The summed E-state index contributed by atoms with van der Waals surface area (Å²) in [6, 6.07) is 12.6. The van der Waals surface area contributed by atoms with Crippen LogP contribution < -0.4 is 10.2 Å². The molecule has 1 heterocycles. The normalized spacial score (nSPS) is 23.8. The van der Waals surface area contributed by atoms with Gasteiger partial charge in [0.05, 0.1) is 23.1 Å². The lowest BCUT2D eigenvalue weighted by Gasteiger charge is -2.25. The van der Waals surface area contributed by atoms with Crippen molar-refractivity contribution in [2.75, 3.05) is 10.2 Å². The lowest BCUT2D eigenvalue weighted by Crippen LogP contribution is -2.33. The topological polar surface area (TPSA) is 66.5 Å². The number of amides is 3. The van der Waals surface area contributed by atoms with Gasteiger partial charge in [0.2, 0.25) is 11.8 Å². The molecule has 0 spiro atoms. The Hall–Kier alpha value is -2.95. The average Bonchev–Trinajstić information content (AvgIpc) is 2.94. The Labute approximate surface area is 171 Å². The molecule has 5 heteroatoms. The summed E-state index contributed by atoms with van der Waals surface area (Å²) in [6.07, 6.45) is 2.44. The number of fused-ring (bicyclic) bond motifs is 1. The van der Waals surface area contributed by atoms with Crippen LogP contribution in [0.2, 0.25) is 0 Å². The summed E-state index contributed by atoms with van der Waals surface area (Å²) >= 11 is 0. The number of hydrogen-bond acceptors (Lipinski definition) is 3. The molecule has 5 nitrogen and oxygen atoms in total. The van der Waals surface area contributed by atoms with E-state index < -0.39 is 0 Å². The van der Waals surface area contributed by atoms with E-state index in [1.165, 1.54) is 4.90 Å². The monoisotopic (exact) mass is 390 g/mol. The molecule has 1 aliphatic heterocycles. The van der Waals surface area contributed by atoms with E-state index in [9.17, 15) is 14.4 Å². The molecule has 2 aliphatic rings. The van der Waals surface area contributed by atoms with E-state index in [4.69, 9.17) is 0 Å². The SMILES string of the molecule is Cc1ccc(NC(=O)c2ccccc2N2C(=O)[C@@H]3CC[C@@H](C)C[C@H]3C2=O)cc1C. The molecule has 0 aromatic heterocycles. The number of nitrogens with zero attached hydrogens (tertiary/aromatic N) is 1. The second-order valence-electron chi connectivity index (χ2n) is 8.41. The molecule has 0 radical (unpaired) electrons. The number of imide groups is 1. The lowest BCUT2D eigenvalue weighted by molar-refractivity contribution is -0.122. The Morgan fingerprint density at radius 3 is 2.45 bits per heavy atom.